The van der Waals surface area contributed by atoms with Crippen molar-refractivity contribution in [2.45, 2.75) is 18.9 Å². The summed E-state index contributed by atoms with van der Waals surface area (Å²) in [7, 11) is 0. The van der Waals surface area contributed by atoms with Crippen LogP contribution < -0.4 is 15.6 Å². The van der Waals surface area contributed by atoms with Crippen LogP contribution >= 0.6 is 11.6 Å². The molecule has 26 heavy (non-hydrogen) atoms. The van der Waals surface area contributed by atoms with Gasteiger partial charge in [-0.15, -0.1) is 0 Å². The molecule has 6 nitrogen and oxygen atoms in total. The summed E-state index contributed by atoms with van der Waals surface area (Å²) < 4.78 is 11.2. The molecule has 0 radical (unpaired) electrons. The zero-order valence-electron chi connectivity index (χ0n) is 14.0. The fourth-order valence-electron chi connectivity index (χ4n) is 2.56. The Morgan fingerprint density at radius 2 is 1.81 bits per heavy atom. The third-order valence-electron chi connectivity index (χ3n) is 3.95. The van der Waals surface area contributed by atoms with Crippen LogP contribution in [0.2, 0.25) is 5.02 Å². The van der Waals surface area contributed by atoms with Crippen molar-refractivity contribution in [3.63, 3.8) is 0 Å². The molecule has 2 aromatic rings. The lowest BCUT2D eigenvalue weighted by Gasteiger charge is -2.12. The second-order valence-electron chi connectivity index (χ2n) is 5.89. The first-order chi connectivity index (χ1) is 12.6. The molecule has 2 N–H and O–H groups in total. The molecule has 7 heteroatoms. The maximum atomic E-state index is 12.1. The number of rotatable bonds is 5. The van der Waals surface area contributed by atoms with E-state index in [1.54, 1.807) is 42.5 Å². The molecule has 0 unspecified atom stereocenters. The summed E-state index contributed by atoms with van der Waals surface area (Å²) in [6.07, 6.45) is 2.21. The zero-order chi connectivity index (χ0) is 18.4. The summed E-state index contributed by atoms with van der Waals surface area (Å²) >= 11 is 5.84. The second kappa shape index (κ2) is 8.69. The van der Waals surface area contributed by atoms with Gasteiger partial charge in [0.25, 0.3) is 11.8 Å². The first-order valence-corrected chi connectivity index (χ1v) is 8.70. The molecule has 0 saturated carbocycles. The number of hydrogen-bond acceptors (Lipinski definition) is 4. The molecule has 1 aliphatic heterocycles. The minimum absolute atomic E-state index is 0.139. The molecule has 2 aromatic carbocycles. The highest BCUT2D eigenvalue weighted by molar-refractivity contribution is 6.30. The largest absolute Gasteiger partial charge is 0.491 e. The van der Waals surface area contributed by atoms with E-state index in [1.807, 2.05) is 0 Å². The van der Waals surface area contributed by atoms with Gasteiger partial charge in [0.05, 0.1) is 6.10 Å². The van der Waals surface area contributed by atoms with Gasteiger partial charge in [0, 0.05) is 22.8 Å². The van der Waals surface area contributed by atoms with Gasteiger partial charge in [0.15, 0.2) is 0 Å². The van der Waals surface area contributed by atoms with Crippen molar-refractivity contribution in [2.24, 2.45) is 0 Å². The number of hydrogen-bond donors (Lipinski definition) is 2. The van der Waals surface area contributed by atoms with Crippen molar-refractivity contribution in [2.75, 3.05) is 13.2 Å². The lowest BCUT2D eigenvalue weighted by Crippen LogP contribution is -2.41. The average molecular weight is 375 g/mol. The molecule has 1 atom stereocenters. The Labute approximate surface area is 156 Å². The number of halogens is 1. The Balaban J connectivity index is 1.49. The molecule has 0 aromatic heterocycles. The van der Waals surface area contributed by atoms with E-state index in [1.165, 1.54) is 6.07 Å². The van der Waals surface area contributed by atoms with E-state index in [4.69, 9.17) is 21.1 Å². The van der Waals surface area contributed by atoms with Crippen molar-refractivity contribution in [3.8, 4) is 5.75 Å². The van der Waals surface area contributed by atoms with E-state index in [2.05, 4.69) is 10.9 Å². The van der Waals surface area contributed by atoms with Crippen LogP contribution in [0.4, 0.5) is 0 Å². The van der Waals surface area contributed by atoms with Crippen LogP contribution in [0.25, 0.3) is 0 Å². The Morgan fingerprint density at radius 1 is 1.08 bits per heavy atom. The summed E-state index contributed by atoms with van der Waals surface area (Å²) in [4.78, 5) is 24.1. The average Bonchev–Trinajstić information content (AvgIpc) is 3.18. The highest BCUT2D eigenvalue weighted by Gasteiger charge is 2.16. The Kier molecular flexibility index (Phi) is 6.09. The molecule has 3 rings (SSSR count). The highest BCUT2D eigenvalue weighted by atomic mass is 35.5. The number of hydrazine groups is 1. The van der Waals surface area contributed by atoms with Crippen LogP contribution in [-0.2, 0) is 4.74 Å². The van der Waals surface area contributed by atoms with E-state index in [-0.39, 0.29) is 6.10 Å². The number of benzene rings is 2. The molecule has 1 saturated heterocycles. The van der Waals surface area contributed by atoms with Crippen molar-refractivity contribution in [1.82, 2.24) is 10.9 Å². The first-order valence-electron chi connectivity index (χ1n) is 8.32. The smallest absolute Gasteiger partial charge is 0.269 e. The normalized spacial score (nSPS) is 16.1. The van der Waals surface area contributed by atoms with E-state index in [9.17, 15) is 9.59 Å². The predicted octanol–water partition coefficient (Wildman–Crippen LogP) is 2.97. The van der Waals surface area contributed by atoms with Gasteiger partial charge in [0.1, 0.15) is 12.4 Å². The number of carbonyl (C=O) groups excluding carboxylic acids is 2. The van der Waals surface area contributed by atoms with Crippen molar-refractivity contribution in [1.29, 1.82) is 0 Å². The van der Waals surface area contributed by atoms with E-state index in [0.29, 0.717) is 28.5 Å². The molecular formula is C19H19ClN2O4. The molecular weight excluding hydrogens is 356 g/mol. The standard InChI is InChI=1S/C19H19ClN2O4/c20-15-4-1-3-14(11-15)19(24)22-21-18(23)13-6-8-16(9-7-13)26-12-17-5-2-10-25-17/h1,3-4,6-9,11,17H,2,5,10,12H2,(H,21,23)(H,22,24)/t17-/m0/s1. The Morgan fingerprint density at radius 3 is 2.46 bits per heavy atom. The number of amides is 2. The molecule has 0 bridgehead atoms. The monoisotopic (exact) mass is 374 g/mol. The van der Waals surface area contributed by atoms with Gasteiger partial charge >= 0.3 is 0 Å². The highest BCUT2D eigenvalue weighted by Crippen LogP contribution is 2.16. The summed E-state index contributed by atoms with van der Waals surface area (Å²) in [5, 5.41) is 0.447. The molecule has 0 aliphatic carbocycles. The van der Waals surface area contributed by atoms with Crippen molar-refractivity contribution in [3.05, 3.63) is 64.7 Å². The summed E-state index contributed by atoms with van der Waals surface area (Å²) in [5.41, 5.74) is 5.49. The van der Waals surface area contributed by atoms with Crippen LogP contribution in [0.1, 0.15) is 33.6 Å². The van der Waals surface area contributed by atoms with Crippen molar-refractivity contribution < 1.29 is 19.1 Å². The van der Waals surface area contributed by atoms with Gasteiger partial charge in [-0.2, -0.15) is 0 Å². The van der Waals surface area contributed by atoms with Gasteiger partial charge in [-0.3, -0.25) is 20.4 Å². The second-order valence-corrected chi connectivity index (χ2v) is 6.33. The lowest BCUT2D eigenvalue weighted by atomic mass is 10.2. The molecule has 136 valence electrons. The summed E-state index contributed by atoms with van der Waals surface area (Å²) in [6, 6.07) is 13.1. The van der Waals surface area contributed by atoms with E-state index >= 15 is 0 Å². The Hall–Kier alpha value is -2.57. The van der Waals surface area contributed by atoms with Gasteiger partial charge in [0.2, 0.25) is 0 Å². The maximum Gasteiger partial charge on any atom is 0.269 e. The minimum Gasteiger partial charge on any atom is -0.491 e. The maximum absolute atomic E-state index is 12.1. The SMILES string of the molecule is O=C(NNC(=O)c1cccc(Cl)c1)c1ccc(OC[C@@H]2CCCO2)cc1. The topological polar surface area (TPSA) is 76.7 Å². The molecule has 0 spiro atoms. The summed E-state index contributed by atoms with van der Waals surface area (Å²) in [6.45, 7) is 1.29. The fourth-order valence-corrected chi connectivity index (χ4v) is 2.75. The third kappa shape index (κ3) is 4.97. The summed E-state index contributed by atoms with van der Waals surface area (Å²) in [5.74, 6) is -0.205. The van der Waals surface area contributed by atoms with Gasteiger partial charge in [-0.1, -0.05) is 17.7 Å². The molecule has 1 fully saturated rings. The Bertz CT molecular complexity index is 773. The van der Waals surface area contributed by atoms with Crippen LogP contribution in [-0.4, -0.2) is 31.1 Å². The number of nitrogens with one attached hydrogen (secondary N) is 2. The lowest BCUT2D eigenvalue weighted by molar-refractivity contribution is 0.0679. The molecule has 1 aliphatic rings. The number of carbonyl (C=O) groups is 2. The van der Waals surface area contributed by atoms with Gasteiger partial charge in [-0.25, -0.2) is 0 Å². The van der Waals surface area contributed by atoms with Crippen LogP contribution in [0, 0.1) is 0 Å². The van der Waals surface area contributed by atoms with E-state index < -0.39 is 11.8 Å². The van der Waals surface area contributed by atoms with Gasteiger partial charge < -0.3 is 9.47 Å². The first kappa shape index (κ1) is 18.2. The minimum atomic E-state index is -0.447. The van der Waals surface area contributed by atoms with Crippen LogP contribution in [0.3, 0.4) is 0 Å². The molecule has 2 amide bonds. The van der Waals surface area contributed by atoms with Crippen molar-refractivity contribution >= 4 is 23.4 Å². The number of ether oxygens (including phenoxy) is 2. The van der Waals surface area contributed by atoms with Gasteiger partial charge in [-0.05, 0) is 55.3 Å². The van der Waals surface area contributed by atoms with Crippen LogP contribution in [0.15, 0.2) is 48.5 Å². The fraction of sp³-hybridized carbons (Fsp3) is 0.263. The van der Waals surface area contributed by atoms with Crippen LogP contribution in [0.5, 0.6) is 5.75 Å². The van der Waals surface area contributed by atoms with E-state index in [0.717, 1.165) is 19.4 Å². The zero-order valence-corrected chi connectivity index (χ0v) is 14.8. The molecule has 1 heterocycles. The quantitative estimate of drug-likeness (QED) is 0.789. The third-order valence-corrected chi connectivity index (χ3v) is 4.19. The predicted molar refractivity (Wildman–Crippen MR) is 97.3 cm³/mol.